The molecule has 5 rings (SSSR count). The van der Waals surface area contributed by atoms with Gasteiger partial charge in [-0.15, -0.1) is 0 Å². The Morgan fingerprint density at radius 3 is 2.81 bits per heavy atom. The first-order valence-electron chi connectivity index (χ1n) is 10.4. The molecule has 0 spiro atoms. The lowest BCUT2D eigenvalue weighted by molar-refractivity contribution is 0.0938. The van der Waals surface area contributed by atoms with E-state index in [0.717, 1.165) is 29.6 Å². The highest BCUT2D eigenvalue weighted by atomic mass is 35.5. The zero-order chi connectivity index (χ0) is 21.5. The summed E-state index contributed by atoms with van der Waals surface area (Å²) in [5, 5.41) is 4.17. The van der Waals surface area contributed by atoms with Gasteiger partial charge < -0.3 is 14.9 Å². The molecule has 0 saturated heterocycles. The summed E-state index contributed by atoms with van der Waals surface area (Å²) >= 11 is 12.6. The third-order valence-corrected chi connectivity index (χ3v) is 6.42. The number of aryl methyl sites for hydroxylation is 1. The molecule has 2 N–H and O–H groups in total. The number of nitrogens with zero attached hydrogens (tertiary/aromatic N) is 2. The van der Waals surface area contributed by atoms with Crippen LogP contribution < -0.4 is 5.32 Å². The third kappa shape index (κ3) is 3.84. The Balaban J connectivity index is 1.35. The number of carbonyl (C=O) groups excluding carboxylic acids is 1. The molecule has 1 aliphatic carbocycles. The van der Waals surface area contributed by atoms with Gasteiger partial charge in [0.2, 0.25) is 0 Å². The van der Waals surface area contributed by atoms with Gasteiger partial charge in [-0.05, 0) is 80.6 Å². The number of aromatic nitrogens is 3. The Morgan fingerprint density at radius 2 is 1.97 bits per heavy atom. The third-order valence-electron chi connectivity index (χ3n) is 5.89. The van der Waals surface area contributed by atoms with Crippen LogP contribution in [-0.2, 0) is 12.8 Å². The lowest BCUT2D eigenvalue weighted by Crippen LogP contribution is -2.27. The molecule has 4 aromatic rings. The average Bonchev–Trinajstić information content (AvgIpc) is 3.37. The highest BCUT2D eigenvalue weighted by Crippen LogP contribution is 2.29. The Bertz CT molecular complexity index is 1290. The summed E-state index contributed by atoms with van der Waals surface area (Å²) < 4.78 is 2.15. The molecule has 0 bridgehead atoms. The minimum atomic E-state index is -0.298. The lowest BCUT2D eigenvalue weighted by atomic mass is 9.98. The molecule has 1 atom stereocenters. The molecule has 158 valence electrons. The van der Waals surface area contributed by atoms with Crippen LogP contribution in [0.3, 0.4) is 0 Å². The van der Waals surface area contributed by atoms with Crippen LogP contribution in [0.2, 0.25) is 10.0 Å². The van der Waals surface area contributed by atoms with Crippen molar-refractivity contribution in [2.24, 2.45) is 0 Å². The molecule has 1 amide bonds. The number of carbonyl (C=O) groups is 1. The second kappa shape index (κ2) is 8.06. The van der Waals surface area contributed by atoms with Crippen molar-refractivity contribution in [3.63, 3.8) is 0 Å². The van der Waals surface area contributed by atoms with E-state index < -0.39 is 0 Å². The summed E-state index contributed by atoms with van der Waals surface area (Å²) in [5.41, 5.74) is 5.78. The van der Waals surface area contributed by atoms with Gasteiger partial charge in [0, 0.05) is 22.5 Å². The minimum Gasteiger partial charge on any atom is -0.342 e. The maximum atomic E-state index is 12.8. The highest BCUT2D eigenvalue weighted by Gasteiger charge is 2.19. The van der Waals surface area contributed by atoms with E-state index in [9.17, 15) is 4.79 Å². The summed E-state index contributed by atoms with van der Waals surface area (Å²) in [6.07, 6.45) is 6.68. The molecule has 2 aromatic carbocycles. The molecule has 7 heteroatoms. The van der Waals surface area contributed by atoms with Crippen LogP contribution in [0.5, 0.6) is 0 Å². The van der Waals surface area contributed by atoms with Crippen molar-refractivity contribution in [3.8, 4) is 5.69 Å². The van der Waals surface area contributed by atoms with Gasteiger partial charge in [0.25, 0.3) is 5.91 Å². The zero-order valence-electron chi connectivity index (χ0n) is 17.1. The summed E-state index contributed by atoms with van der Waals surface area (Å²) in [5.74, 6) is 0.473. The largest absolute Gasteiger partial charge is 0.342 e. The summed E-state index contributed by atoms with van der Waals surface area (Å²) in [6, 6.07) is 12.8. The van der Waals surface area contributed by atoms with Crippen molar-refractivity contribution in [2.75, 3.05) is 0 Å². The number of fused-ring (bicyclic) bond motifs is 2. The molecular formula is C24H22Cl2N4O. The maximum Gasteiger partial charge on any atom is 0.251 e. The molecule has 2 heterocycles. The molecule has 0 unspecified atom stereocenters. The van der Waals surface area contributed by atoms with Gasteiger partial charge in [0.15, 0.2) is 0 Å². The summed E-state index contributed by atoms with van der Waals surface area (Å²) in [7, 11) is 0. The van der Waals surface area contributed by atoms with Gasteiger partial charge in [-0.2, -0.15) is 0 Å². The van der Waals surface area contributed by atoms with Gasteiger partial charge >= 0.3 is 0 Å². The average molecular weight is 453 g/mol. The van der Waals surface area contributed by atoms with Crippen molar-refractivity contribution in [2.45, 2.75) is 38.6 Å². The zero-order valence-corrected chi connectivity index (χ0v) is 18.6. The van der Waals surface area contributed by atoms with Crippen LogP contribution in [0.15, 0.2) is 48.7 Å². The van der Waals surface area contributed by atoms with Crippen LogP contribution in [-0.4, -0.2) is 20.4 Å². The molecular weight excluding hydrogens is 431 g/mol. The number of halogens is 2. The van der Waals surface area contributed by atoms with Gasteiger partial charge in [0.05, 0.1) is 27.8 Å². The van der Waals surface area contributed by atoms with Crippen molar-refractivity contribution in [1.29, 1.82) is 0 Å². The first-order chi connectivity index (χ1) is 15.0. The topological polar surface area (TPSA) is 62.7 Å². The first kappa shape index (κ1) is 20.2. The number of aromatic amines is 1. The Kier molecular flexibility index (Phi) is 5.24. The van der Waals surface area contributed by atoms with Crippen molar-refractivity contribution in [3.05, 3.63) is 81.4 Å². The molecule has 0 fully saturated rings. The van der Waals surface area contributed by atoms with E-state index >= 15 is 0 Å². The number of hydrogen-bond acceptors (Lipinski definition) is 2. The second-order valence-corrected chi connectivity index (χ2v) is 8.85. The van der Waals surface area contributed by atoms with E-state index in [1.54, 1.807) is 18.2 Å². The Hall–Kier alpha value is -2.76. The van der Waals surface area contributed by atoms with Crippen LogP contribution in [0.1, 0.15) is 53.2 Å². The fraction of sp³-hybridized carbons (Fsp3) is 0.250. The van der Waals surface area contributed by atoms with Crippen molar-refractivity contribution >= 4 is 40.1 Å². The minimum absolute atomic E-state index is 0.200. The van der Waals surface area contributed by atoms with Crippen LogP contribution in [0.4, 0.5) is 0 Å². The van der Waals surface area contributed by atoms with Gasteiger partial charge in [-0.3, -0.25) is 4.79 Å². The highest BCUT2D eigenvalue weighted by molar-refractivity contribution is 6.32. The van der Waals surface area contributed by atoms with E-state index in [2.05, 4.69) is 32.1 Å². The van der Waals surface area contributed by atoms with Crippen LogP contribution in [0, 0.1) is 0 Å². The normalized spacial score (nSPS) is 14.4. The summed E-state index contributed by atoms with van der Waals surface area (Å²) in [6.45, 7) is 1.89. The predicted octanol–water partition coefficient (Wildman–Crippen LogP) is 6.03. The molecule has 0 saturated carbocycles. The van der Waals surface area contributed by atoms with Crippen LogP contribution >= 0.6 is 23.2 Å². The number of rotatable bonds is 4. The van der Waals surface area contributed by atoms with E-state index in [0.29, 0.717) is 21.4 Å². The Labute approximate surface area is 190 Å². The molecule has 31 heavy (non-hydrogen) atoms. The van der Waals surface area contributed by atoms with Gasteiger partial charge in [-0.1, -0.05) is 23.2 Å². The number of nitrogens with one attached hydrogen (secondary N) is 2. The molecule has 0 radical (unpaired) electrons. The maximum absolute atomic E-state index is 12.8. The SMILES string of the molecule is C[C@H](NC(=O)c1ccc(-n2ccc3c2CCCC3)c(Cl)c1)c1nc2cc(Cl)ccc2[nH]1. The van der Waals surface area contributed by atoms with E-state index in [1.165, 1.54) is 24.1 Å². The van der Waals surface area contributed by atoms with Gasteiger partial charge in [-0.25, -0.2) is 4.98 Å². The van der Waals surface area contributed by atoms with E-state index in [-0.39, 0.29) is 11.9 Å². The summed E-state index contributed by atoms with van der Waals surface area (Å²) in [4.78, 5) is 20.6. The lowest BCUT2D eigenvalue weighted by Gasteiger charge is -2.17. The number of hydrogen-bond donors (Lipinski definition) is 2. The molecule has 2 aromatic heterocycles. The van der Waals surface area contributed by atoms with Gasteiger partial charge in [0.1, 0.15) is 5.82 Å². The standard InChI is InChI=1S/C24H22Cl2N4O/c1-14(23-28-19-8-7-17(25)13-20(19)29-23)27-24(31)16-6-9-22(18(26)12-16)30-11-10-15-4-2-3-5-21(15)30/h6-14H,2-5H2,1H3,(H,27,31)(H,28,29)/t14-/m0/s1. The Morgan fingerprint density at radius 1 is 1.13 bits per heavy atom. The first-order valence-corrected chi connectivity index (χ1v) is 11.2. The number of benzene rings is 2. The van der Waals surface area contributed by atoms with Crippen molar-refractivity contribution in [1.82, 2.24) is 19.9 Å². The van der Waals surface area contributed by atoms with Crippen LogP contribution in [0.25, 0.3) is 16.7 Å². The molecule has 0 aliphatic heterocycles. The number of H-pyrrole nitrogens is 1. The van der Waals surface area contributed by atoms with Crippen molar-refractivity contribution < 1.29 is 4.79 Å². The monoisotopic (exact) mass is 452 g/mol. The molecule has 5 nitrogen and oxygen atoms in total. The van der Waals surface area contributed by atoms with E-state index in [4.69, 9.17) is 23.2 Å². The smallest absolute Gasteiger partial charge is 0.251 e. The molecule has 1 aliphatic rings. The fourth-order valence-corrected chi connectivity index (χ4v) is 4.68. The quantitative estimate of drug-likeness (QED) is 0.396. The second-order valence-electron chi connectivity index (χ2n) is 8.01. The fourth-order valence-electron chi connectivity index (χ4n) is 4.24. The number of imidazole rings is 1. The predicted molar refractivity (Wildman–Crippen MR) is 124 cm³/mol. The number of amides is 1. The van der Waals surface area contributed by atoms with E-state index in [1.807, 2.05) is 25.1 Å².